The smallest absolute Gasteiger partial charge is 0.101 e. The van der Waals surface area contributed by atoms with Crippen LogP contribution in [0.25, 0.3) is 0 Å². The molecule has 1 aromatic carbocycles. The summed E-state index contributed by atoms with van der Waals surface area (Å²) < 4.78 is 0. The molecule has 0 atom stereocenters. The molecular weight excluding hydrogens is 258 g/mol. The number of halogens is 1. The van der Waals surface area contributed by atoms with Gasteiger partial charge in [0.15, 0.2) is 0 Å². The second kappa shape index (κ2) is 5.81. The van der Waals surface area contributed by atoms with Crippen molar-refractivity contribution < 1.29 is 0 Å². The Morgan fingerprint density at radius 2 is 2.11 bits per heavy atom. The van der Waals surface area contributed by atoms with Crippen LogP contribution in [0.3, 0.4) is 0 Å². The molecule has 1 saturated heterocycles. The van der Waals surface area contributed by atoms with Crippen molar-refractivity contribution in [3.8, 4) is 6.07 Å². The lowest BCUT2D eigenvalue weighted by molar-refractivity contribution is 0.150. The van der Waals surface area contributed by atoms with Crippen molar-refractivity contribution in [1.82, 2.24) is 4.90 Å². The highest BCUT2D eigenvalue weighted by molar-refractivity contribution is 6.30. The van der Waals surface area contributed by atoms with E-state index in [1.165, 1.54) is 12.8 Å². The molecule has 0 bridgehead atoms. The van der Waals surface area contributed by atoms with Crippen molar-refractivity contribution in [2.45, 2.75) is 19.8 Å². The van der Waals surface area contributed by atoms with Gasteiger partial charge in [-0.3, -0.25) is 0 Å². The minimum atomic E-state index is 0.293. The molecule has 0 amide bonds. The molecule has 4 heteroatoms. The second-order valence-electron chi connectivity index (χ2n) is 5.77. The van der Waals surface area contributed by atoms with Crippen LogP contribution in [-0.2, 0) is 0 Å². The predicted molar refractivity (Wildman–Crippen MR) is 79.5 cm³/mol. The van der Waals surface area contributed by atoms with E-state index in [9.17, 15) is 0 Å². The second-order valence-corrected chi connectivity index (χ2v) is 6.21. The van der Waals surface area contributed by atoms with E-state index in [2.05, 4.69) is 30.3 Å². The van der Waals surface area contributed by atoms with E-state index in [-0.39, 0.29) is 0 Å². The molecule has 1 aliphatic rings. The zero-order valence-corrected chi connectivity index (χ0v) is 12.3. The number of piperidine rings is 1. The Balaban J connectivity index is 2.03. The normalized spacial score (nSPS) is 18.8. The maximum absolute atomic E-state index is 9.11. The van der Waals surface area contributed by atoms with Crippen LogP contribution in [0.5, 0.6) is 0 Å². The van der Waals surface area contributed by atoms with Crippen LogP contribution >= 0.6 is 11.6 Å². The fourth-order valence-electron chi connectivity index (χ4n) is 2.40. The minimum absolute atomic E-state index is 0.293. The van der Waals surface area contributed by atoms with E-state index in [4.69, 9.17) is 16.9 Å². The van der Waals surface area contributed by atoms with Crippen molar-refractivity contribution in [3.05, 3.63) is 28.8 Å². The molecule has 0 aliphatic carbocycles. The number of likely N-dealkylation sites (tertiary alicyclic amines) is 1. The Morgan fingerprint density at radius 3 is 2.74 bits per heavy atom. The first-order valence-corrected chi connectivity index (χ1v) is 7.02. The molecule has 1 fully saturated rings. The lowest BCUT2D eigenvalue weighted by Gasteiger charge is -2.38. The number of nitrogens with one attached hydrogen (secondary N) is 1. The highest BCUT2D eigenvalue weighted by Gasteiger charge is 2.28. The molecule has 0 saturated carbocycles. The van der Waals surface area contributed by atoms with Gasteiger partial charge in [0, 0.05) is 11.6 Å². The highest BCUT2D eigenvalue weighted by atomic mass is 35.5. The zero-order valence-electron chi connectivity index (χ0n) is 11.5. The van der Waals surface area contributed by atoms with Crippen LogP contribution < -0.4 is 5.32 Å². The van der Waals surface area contributed by atoms with Crippen molar-refractivity contribution in [2.75, 3.05) is 32.0 Å². The molecule has 0 unspecified atom stereocenters. The number of nitrogens with zero attached hydrogens (tertiary/aromatic N) is 2. The van der Waals surface area contributed by atoms with Crippen molar-refractivity contribution >= 4 is 17.3 Å². The molecule has 2 rings (SSSR count). The van der Waals surface area contributed by atoms with Crippen LogP contribution in [0.15, 0.2) is 18.2 Å². The molecule has 3 nitrogen and oxygen atoms in total. The number of anilines is 1. The third-order valence-electron chi connectivity index (χ3n) is 4.00. The Bertz CT molecular complexity index is 485. The number of hydrogen-bond donors (Lipinski definition) is 1. The fraction of sp³-hybridized carbons (Fsp3) is 0.533. The van der Waals surface area contributed by atoms with Gasteiger partial charge in [0.1, 0.15) is 6.07 Å². The Labute approximate surface area is 120 Å². The largest absolute Gasteiger partial charge is 0.383 e. The summed E-state index contributed by atoms with van der Waals surface area (Å²) in [6.07, 6.45) is 2.36. The van der Waals surface area contributed by atoms with Gasteiger partial charge in [0.2, 0.25) is 0 Å². The third-order valence-corrected chi connectivity index (χ3v) is 4.24. The number of hydrogen-bond acceptors (Lipinski definition) is 3. The van der Waals surface area contributed by atoms with Gasteiger partial charge < -0.3 is 10.2 Å². The van der Waals surface area contributed by atoms with Gasteiger partial charge in [-0.1, -0.05) is 18.5 Å². The summed E-state index contributed by atoms with van der Waals surface area (Å²) in [6.45, 7) is 5.47. The van der Waals surface area contributed by atoms with Crippen LogP contribution in [0, 0.1) is 16.7 Å². The van der Waals surface area contributed by atoms with Crippen LogP contribution in [0.4, 0.5) is 5.69 Å². The Morgan fingerprint density at radius 1 is 1.42 bits per heavy atom. The average molecular weight is 278 g/mol. The maximum Gasteiger partial charge on any atom is 0.101 e. The van der Waals surface area contributed by atoms with E-state index in [0.29, 0.717) is 16.0 Å². The minimum Gasteiger partial charge on any atom is -0.383 e. The third kappa shape index (κ3) is 3.62. The van der Waals surface area contributed by atoms with Gasteiger partial charge in [-0.15, -0.1) is 0 Å². The van der Waals surface area contributed by atoms with Gasteiger partial charge in [-0.05, 0) is 56.6 Å². The highest BCUT2D eigenvalue weighted by Crippen LogP contribution is 2.31. The maximum atomic E-state index is 9.11. The zero-order chi connectivity index (χ0) is 13.9. The molecular formula is C15H20ClN3. The van der Waals surface area contributed by atoms with Gasteiger partial charge in [0.05, 0.1) is 11.3 Å². The van der Waals surface area contributed by atoms with Crippen LogP contribution in [0.1, 0.15) is 25.3 Å². The fourth-order valence-corrected chi connectivity index (χ4v) is 2.58. The Hall–Kier alpha value is -1.24. The topological polar surface area (TPSA) is 39.1 Å². The van der Waals surface area contributed by atoms with Gasteiger partial charge in [0.25, 0.3) is 0 Å². The van der Waals surface area contributed by atoms with Crippen LogP contribution in [0.2, 0.25) is 5.02 Å². The monoisotopic (exact) mass is 277 g/mol. The van der Waals surface area contributed by atoms with Gasteiger partial charge in [-0.25, -0.2) is 0 Å². The predicted octanol–water partition coefficient (Wildman–Crippen LogP) is 3.36. The molecule has 19 heavy (non-hydrogen) atoms. The standard InChI is InChI=1S/C15H20ClN3/c1-15(5-7-19(2)8-6-15)11-18-14-9-13(16)4-3-12(14)10-17/h3-4,9,18H,5-8,11H2,1-2H3. The van der Waals surface area contributed by atoms with Crippen LogP contribution in [-0.4, -0.2) is 31.6 Å². The van der Waals surface area contributed by atoms with E-state index in [1.54, 1.807) is 12.1 Å². The molecule has 0 spiro atoms. The average Bonchev–Trinajstić information content (AvgIpc) is 2.41. The summed E-state index contributed by atoms with van der Waals surface area (Å²) in [5.74, 6) is 0. The van der Waals surface area contributed by atoms with Gasteiger partial charge in [-0.2, -0.15) is 5.26 Å². The summed E-state index contributed by atoms with van der Waals surface area (Å²) in [6, 6.07) is 7.55. The van der Waals surface area contributed by atoms with E-state index in [0.717, 1.165) is 25.3 Å². The van der Waals surface area contributed by atoms with Crippen molar-refractivity contribution in [2.24, 2.45) is 5.41 Å². The first-order valence-electron chi connectivity index (χ1n) is 6.64. The number of benzene rings is 1. The summed E-state index contributed by atoms with van der Waals surface area (Å²) in [4.78, 5) is 2.36. The first-order chi connectivity index (χ1) is 9.02. The van der Waals surface area contributed by atoms with Gasteiger partial charge >= 0.3 is 0 Å². The first kappa shape index (κ1) is 14.2. The molecule has 1 aromatic rings. The molecule has 1 heterocycles. The molecule has 1 N–H and O–H groups in total. The number of nitriles is 1. The van der Waals surface area contributed by atoms with E-state index >= 15 is 0 Å². The lowest BCUT2D eigenvalue weighted by Crippen LogP contribution is -2.40. The summed E-state index contributed by atoms with van der Waals surface area (Å²) >= 11 is 5.99. The molecule has 0 aromatic heterocycles. The van der Waals surface area contributed by atoms with E-state index < -0.39 is 0 Å². The lowest BCUT2D eigenvalue weighted by atomic mass is 9.80. The summed E-state index contributed by atoms with van der Waals surface area (Å²) in [5.41, 5.74) is 1.79. The van der Waals surface area contributed by atoms with E-state index in [1.807, 2.05) is 6.07 Å². The quantitative estimate of drug-likeness (QED) is 0.921. The molecule has 0 radical (unpaired) electrons. The molecule has 102 valence electrons. The van der Waals surface area contributed by atoms with Crippen molar-refractivity contribution in [1.29, 1.82) is 5.26 Å². The molecule has 1 aliphatic heterocycles. The number of rotatable bonds is 3. The van der Waals surface area contributed by atoms with Crippen molar-refractivity contribution in [3.63, 3.8) is 0 Å². The SMILES string of the molecule is CN1CCC(C)(CNc2cc(Cl)ccc2C#N)CC1. The summed E-state index contributed by atoms with van der Waals surface area (Å²) in [5, 5.41) is 13.2. The summed E-state index contributed by atoms with van der Waals surface area (Å²) in [7, 11) is 2.16. The Kier molecular flexibility index (Phi) is 4.34.